The number of nitrogens with two attached hydrogens (primary N) is 1. The molecule has 1 fully saturated rings. The third-order valence-electron chi connectivity index (χ3n) is 3.36. The number of aromatic nitrogens is 2. The molecule has 0 aliphatic carbocycles. The van der Waals surface area contributed by atoms with E-state index in [9.17, 15) is 4.79 Å². The predicted molar refractivity (Wildman–Crippen MR) is 65.2 cm³/mol. The molecule has 2 N–H and O–H groups in total. The Labute approximate surface area is 102 Å². The molecule has 94 valence electrons. The number of amides is 1. The second-order valence-electron chi connectivity index (χ2n) is 4.69. The van der Waals surface area contributed by atoms with Crippen LogP contribution in [0.1, 0.15) is 37.8 Å². The lowest BCUT2D eigenvalue weighted by molar-refractivity contribution is -0.135. The maximum Gasteiger partial charge on any atom is 0.222 e. The zero-order valence-electron chi connectivity index (χ0n) is 10.5. The van der Waals surface area contributed by atoms with Gasteiger partial charge in [-0.1, -0.05) is 6.92 Å². The highest BCUT2D eigenvalue weighted by molar-refractivity contribution is 5.77. The third kappa shape index (κ3) is 2.34. The zero-order chi connectivity index (χ0) is 12.4. The molecular weight excluding hydrogens is 216 g/mol. The van der Waals surface area contributed by atoms with E-state index in [0.29, 0.717) is 6.42 Å². The van der Waals surface area contributed by atoms with Gasteiger partial charge in [-0.15, -0.1) is 0 Å². The molecule has 1 aliphatic heterocycles. The standard InChI is InChI=1S/C12H20N4O/c1-3-6-16-8-9(7-14-16)12-10(13)4-5-11(17)15(12)2/h7-8,10,12H,3-6,13H2,1-2H3. The number of hydrogen-bond acceptors (Lipinski definition) is 3. The molecule has 1 aromatic heterocycles. The SMILES string of the molecule is CCCn1cc(C2C(N)CCC(=O)N2C)cn1. The summed E-state index contributed by atoms with van der Waals surface area (Å²) in [5.74, 6) is 0.167. The molecule has 0 saturated carbocycles. The Morgan fingerprint density at radius 2 is 2.35 bits per heavy atom. The molecule has 2 unspecified atom stereocenters. The smallest absolute Gasteiger partial charge is 0.222 e. The summed E-state index contributed by atoms with van der Waals surface area (Å²) < 4.78 is 1.91. The fourth-order valence-electron chi connectivity index (χ4n) is 2.42. The lowest BCUT2D eigenvalue weighted by Crippen LogP contribution is -2.46. The molecule has 1 aromatic rings. The summed E-state index contributed by atoms with van der Waals surface area (Å²) in [5.41, 5.74) is 7.16. The Balaban J connectivity index is 2.20. The Kier molecular flexibility index (Phi) is 3.47. The molecule has 5 heteroatoms. The van der Waals surface area contributed by atoms with Crippen molar-refractivity contribution in [2.75, 3.05) is 7.05 Å². The van der Waals surface area contributed by atoms with Crippen LogP contribution >= 0.6 is 0 Å². The first kappa shape index (κ1) is 12.1. The Morgan fingerprint density at radius 1 is 1.59 bits per heavy atom. The normalized spacial score (nSPS) is 25.4. The van der Waals surface area contributed by atoms with Crippen LogP contribution < -0.4 is 5.73 Å². The summed E-state index contributed by atoms with van der Waals surface area (Å²) in [6.45, 7) is 3.02. The Morgan fingerprint density at radius 3 is 3.06 bits per heavy atom. The van der Waals surface area contributed by atoms with E-state index in [1.807, 2.05) is 24.1 Å². The first-order valence-corrected chi connectivity index (χ1v) is 6.17. The van der Waals surface area contributed by atoms with Crippen molar-refractivity contribution in [2.24, 2.45) is 5.73 Å². The molecule has 0 aromatic carbocycles. The number of carbonyl (C=O) groups excluding carboxylic acids is 1. The zero-order valence-corrected chi connectivity index (χ0v) is 10.5. The van der Waals surface area contributed by atoms with Crippen LogP contribution in [0.4, 0.5) is 0 Å². The molecule has 17 heavy (non-hydrogen) atoms. The van der Waals surface area contributed by atoms with E-state index in [4.69, 9.17) is 5.73 Å². The van der Waals surface area contributed by atoms with Gasteiger partial charge in [0.15, 0.2) is 0 Å². The van der Waals surface area contributed by atoms with E-state index >= 15 is 0 Å². The largest absolute Gasteiger partial charge is 0.337 e. The van der Waals surface area contributed by atoms with Gasteiger partial charge in [0, 0.05) is 37.8 Å². The highest BCUT2D eigenvalue weighted by Gasteiger charge is 2.33. The van der Waals surface area contributed by atoms with Gasteiger partial charge in [-0.25, -0.2) is 0 Å². The van der Waals surface area contributed by atoms with Crippen molar-refractivity contribution < 1.29 is 4.79 Å². The fourth-order valence-corrected chi connectivity index (χ4v) is 2.42. The van der Waals surface area contributed by atoms with Gasteiger partial charge < -0.3 is 10.6 Å². The van der Waals surface area contributed by atoms with Crippen LogP contribution in [0.25, 0.3) is 0 Å². The summed E-state index contributed by atoms with van der Waals surface area (Å²) in [7, 11) is 1.82. The third-order valence-corrected chi connectivity index (χ3v) is 3.36. The van der Waals surface area contributed by atoms with Gasteiger partial charge in [0.2, 0.25) is 5.91 Å². The van der Waals surface area contributed by atoms with Gasteiger partial charge >= 0.3 is 0 Å². The van der Waals surface area contributed by atoms with Gasteiger partial charge in [0.05, 0.1) is 12.2 Å². The van der Waals surface area contributed by atoms with Crippen LogP contribution in [-0.2, 0) is 11.3 Å². The lowest BCUT2D eigenvalue weighted by Gasteiger charge is -2.36. The predicted octanol–water partition coefficient (Wildman–Crippen LogP) is 0.914. The topological polar surface area (TPSA) is 64.2 Å². The van der Waals surface area contributed by atoms with E-state index in [1.54, 1.807) is 4.90 Å². The number of rotatable bonds is 3. The van der Waals surface area contributed by atoms with Gasteiger partial charge in [-0.2, -0.15) is 5.10 Å². The fraction of sp³-hybridized carbons (Fsp3) is 0.667. The number of likely N-dealkylation sites (tertiary alicyclic amines) is 1. The molecule has 2 rings (SSSR count). The van der Waals surface area contributed by atoms with Crippen LogP contribution in [-0.4, -0.2) is 33.7 Å². The highest BCUT2D eigenvalue weighted by atomic mass is 16.2. The van der Waals surface area contributed by atoms with E-state index < -0.39 is 0 Å². The van der Waals surface area contributed by atoms with E-state index in [1.165, 1.54) is 0 Å². The van der Waals surface area contributed by atoms with Crippen LogP contribution in [0, 0.1) is 0 Å². The summed E-state index contributed by atoms with van der Waals surface area (Å²) in [4.78, 5) is 13.5. The van der Waals surface area contributed by atoms with Crippen LogP contribution in [0.2, 0.25) is 0 Å². The number of aryl methyl sites for hydroxylation is 1. The molecule has 2 heterocycles. The monoisotopic (exact) mass is 236 g/mol. The summed E-state index contributed by atoms with van der Waals surface area (Å²) in [6.07, 6.45) is 6.19. The van der Waals surface area contributed by atoms with Crippen LogP contribution in [0.5, 0.6) is 0 Å². The molecule has 0 bridgehead atoms. The van der Waals surface area contributed by atoms with Gasteiger partial charge in [-0.05, 0) is 12.8 Å². The van der Waals surface area contributed by atoms with E-state index in [2.05, 4.69) is 12.0 Å². The van der Waals surface area contributed by atoms with E-state index in [0.717, 1.165) is 24.9 Å². The van der Waals surface area contributed by atoms with Crippen LogP contribution in [0.3, 0.4) is 0 Å². The first-order chi connectivity index (χ1) is 8.13. The number of carbonyl (C=O) groups is 1. The molecule has 5 nitrogen and oxygen atoms in total. The van der Waals surface area contributed by atoms with Crippen molar-refractivity contribution in [2.45, 2.75) is 44.8 Å². The minimum atomic E-state index is -0.0261. The summed E-state index contributed by atoms with van der Waals surface area (Å²) in [5, 5.41) is 4.30. The highest BCUT2D eigenvalue weighted by Crippen LogP contribution is 2.29. The summed E-state index contributed by atoms with van der Waals surface area (Å²) >= 11 is 0. The van der Waals surface area contributed by atoms with Crippen molar-refractivity contribution in [3.8, 4) is 0 Å². The maximum absolute atomic E-state index is 11.7. The molecule has 1 saturated heterocycles. The van der Waals surface area contributed by atoms with Gasteiger partial charge in [0.1, 0.15) is 0 Å². The molecule has 1 aliphatic rings. The minimum absolute atomic E-state index is 0.0111. The quantitative estimate of drug-likeness (QED) is 0.848. The average molecular weight is 236 g/mol. The molecule has 2 atom stereocenters. The Bertz CT molecular complexity index is 401. The number of piperidine rings is 1. The lowest BCUT2D eigenvalue weighted by atomic mass is 9.93. The molecule has 1 amide bonds. The second kappa shape index (κ2) is 4.87. The summed E-state index contributed by atoms with van der Waals surface area (Å²) in [6, 6.07) is -0.0150. The van der Waals surface area contributed by atoms with Crippen molar-refractivity contribution in [3.63, 3.8) is 0 Å². The average Bonchev–Trinajstić information content (AvgIpc) is 2.73. The molecule has 0 spiro atoms. The number of nitrogens with zero attached hydrogens (tertiary/aromatic N) is 3. The van der Waals surface area contributed by atoms with Gasteiger partial charge in [-0.3, -0.25) is 9.48 Å². The molecular formula is C12H20N4O. The Hall–Kier alpha value is -1.36. The van der Waals surface area contributed by atoms with E-state index in [-0.39, 0.29) is 18.0 Å². The van der Waals surface area contributed by atoms with Crippen LogP contribution in [0.15, 0.2) is 12.4 Å². The van der Waals surface area contributed by atoms with Crippen molar-refractivity contribution in [3.05, 3.63) is 18.0 Å². The first-order valence-electron chi connectivity index (χ1n) is 6.17. The molecule has 0 radical (unpaired) electrons. The minimum Gasteiger partial charge on any atom is -0.337 e. The van der Waals surface area contributed by atoms with Crippen molar-refractivity contribution in [1.82, 2.24) is 14.7 Å². The van der Waals surface area contributed by atoms with Crippen molar-refractivity contribution in [1.29, 1.82) is 0 Å². The maximum atomic E-state index is 11.7. The number of likely N-dealkylation sites (N-methyl/N-ethyl adjacent to an activating group) is 1. The second-order valence-corrected chi connectivity index (χ2v) is 4.69. The van der Waals surface area contributed by atoms with Gasteiger partial charge in [0.25, 0.3) is 0 Å². The van der Waals surface area contributed by atoms with Crippen molar-refractivity contribution >= 4 is 5.91 Å². The number of hydrogen-bond donors (Lipinski definition) is 1.